The van der Waals surface area contributed by atoms with Crippen LogP contribution < -0.4 is 10.6 Å². The summed E-state index contributed by atoms with van der Waals surface area (Å²) in [4.78, 5) is 29.6. The maximum atomic E-state index is 14.0. The van der Waals surface area contributed by atoms with E-state index in [0.717, 1.165) is 38.5 Å². The summed E-state index contributed by atoms with van der Waals surface area (Å²) in [5.74, 6) is -1.70. The molecule has 4 aromatic carbocycles. The van der Waals surface area contributed by atoms with E-state index in [4.69, 9.17) is 0 Å². The third kappa shape index (κ3) is 6.28. The minimum absolute atomic E-state index is 0.171. The highest BCUT2D eigenvalue weighted by Crippen LogP contribution is 2.37. The van der Waals surface area contributed by atoms with E-state index in [-0.39, 0.29) is 11.5 Å². The molecule has 0 spiro atoms. The zero-order valence-electron chi connectivity index (χ0n) is 25.0. The van der Waals surface area contributed by atoms with Crippen LogP contribution in [0.3, 0.4) is 0 Å². The van der Waals surface area contributed by atoms with Crippen molar-refractivity contribution in [1.29, 1.82) is 0 Å². The zero-order valence-corrected chi connectivity index (χ0v) is 25.9. The van der Waals surface area contributed by atoms with E-state index in [1.807, 2.05) is 78.4 Å². The van der Waals surface area contributed by atoms with E-state index in [9.17, 15) is 23.7 Å². The molecule has 0 radical (unpaired) electrons. The number of carbonyl (C=O) groups is 2. The van der Waals surface area contributed by atoms with E-state index in [2.05, 4.69) is 10.3 Å². The van der Waals surface area contributed by atoms with E-state index in [1.165, 1.54) is 24.4 Å². The number of hydrogen-bond acceptors (Lipinski definition) is 4. The Bertz CT molecular complexity index is 2150. The maximum absolute atomic E-state index is 14.0. The molecule has 1 atom stereocenters. The van der Waals surface area contributed by atoms with Gasteiger partial charge in [0.1, 0.15) is 13.0 Å². The quantitative estimate of drug-likeness (QED) is 0.172. The number of fused-ring (bicyclic) bond motifs is 2. The molecule has 45 heavy (non-hydrogen) atoms. The second-order valence-corrected chi connectivity index (χ2v) is 14.8. The predicted octanol–water partition coefficient (Wildman–Crippen LogP) is 7.48. The van der Waals surface area contributed by atoms with Gasteiger partial charge < -0.3 is 19.6 Å². The molecule has 0 saturated heterocycles. The predicted molar refractivity (Wildman–Crippen MR) is 177 cm³/mol. The third-order valence-electron chi connectivity index (χ3n) is 7.98. The SMILES string of the molecule is C[C@H](NC(=O)c1cc(-c2cccc(P(C)(C)=O)c2)cc2ccn(Cc3ccc4cc(F)cnc4c3)c12)c1ccc(C(=O)O)cc1. The van der Waals surface area contributed by atoms with Crippen LogP contribution in [0.5, 0.6) is 0 Å². The minimum Gasteiger partial charge on any atom is -0.478 e. The first-order valence-electron chi connectivity index (χ1n) is 14.4. The zero-order chi connectivity index (χ0) is 31.9. The molecular formula is C36H31FN3O4P. The van der Waals surface area contributed by atoms with Gasteiger partial charge in [0.05, 0.1) is 34.4 Å². The lowest BCUT2D eigenvalue weighted by Crippen LogP contribution is -2.27. The van der Waals surface area contributed by atoms with Gasteiger partial charge >= 0.3 is 5.97 Å². The first kappa shape index (κ1) is 30.0. The minimum atomic E-state index is -2.51. The van der Waals surface area contributed by atoms with Gasteiger partial charge in [-0.05, 0) is 91.0 Å². The fourth-order valence-corrected chi connectivity index (χ4v) is 6.44. The number of nitrogens with zero attached hydrogens (tertiary/aromatic N) is 2. The Hall–Kier alpha value is -5.07. The van der Waals surface area contributed by atoms with Crippen LogP contribution in [0.4, 0.5) is 4.39 Å². The smallest absolute Gasteiger partial charge is 0.335 e. The molecule has 0 unspecified atom stereocenters. The number of aromatic nitrogens is 2. The first-order chi connectivity index (χ1) is 21.5. The summed E-state index contributed by atoms with van der Waals surface area (Å²) < 4.78 is 28.5. The van der Waals surface area contributed by atoms with Crippen LogP contribution in [0.2, 0.25) is 0 Å². The number of hydrogen-bond donors (Lipinski definition) is 2. The normalized spacial score (nSPS) is 12.4. The van der Waals surface area contributed by atoms with Gasteiger partial charge in [-0.2, -0.15) is 0 Å². The summed E-state index contributed by atoms with van der Waals surface area (Å²) >= 11 is 0. The van der Waals surface area contributed by atoms with Gasteiger partial charge in [0, 0.05) is 28.8 Å². The van der Waals surface area contributed by atoms with Gasteiger partial charge in [-0.1, -0.05) is 42.5 Å². The Morgan fingerprint density at radius 1 is 0.933 bits per heavy atom. The molecule has 2 aromatic heterocycles. The van der Waals surface area contributed by atoms with Crippen molar-refractivity contribution in [2.75, 3.05) is 13.3 Å². The number of carboxylic acid groups (broad SMARTS) is 1. The Labute approximate surface area is 259 Å². The molecule has 6 rings (SSSR count). The average molecular weight is 620 g/mol. The van der Waals surface area contributed by atoms with Gasteiger partial charge in [0.25, 0.3) is 5.91 Å². The van der Waals surface area contributed by atoms with E-state index in [0.29, 0.717) is 23.0 Å². The molecule has 1 amide bonds. The van der Waals surface area contributed by atoms with Crippen molar-refractivity contribution in [2.45, 2.75) is 19.5 Å². The van der Waals surface area contributed by atoms with Crippen LogP contribution in [0.25, 0.3) is 32.9 Å². The van der Waals surface area contributed by atoms with E-state index >= 15 is 0 Å². The van der Waals surface area contributed by atoms with Crippen molar-refractivity contribution in [3.05, 3.63) is 131 Å². The molecule has 9 heteroatoms. The van der Waals surface area contributed by atoms with Crippen LogP contribution in [-0.2, 0) is 11.1 Å². The number of halogens is 1. The lowest BCUT2D eigenvalue weighted by atomic mass is 9.99. The van der Waals surface area contributed by atoms with Crippen molar-refractivity contribution in [2.24, 2.45) is 0 Å². The Balaban J connectivity index is 1.42. The highest BCUT2D eigenvalue weighted by Gasteiger charge is 2.20. The van der Waals surface area contributed by atoms with Crippen molar-refractivity contribution in [1.82, 2.24) is 14.9 Å². The van der Waals surface area contributed by atoms with E-state index in [1.54, 1.807) is 25.5 Å². The lowest BCUT2D eigenvalue weighted by molar-refractivity contribution is 0.0696. The highest BCUT2D eigenvalue weighted by molar-refractivity contribution is 7.70. The standard InChI is InChI=1S/C36H31FN3O4P/c1-22(24-9-11-25(12-10-24)36(42)43)39-35(41)32-19-29(26-5-4-6-31(18-26)45(2,3)44)16-28-13-14-40(34(28)32)21-23-7-8-27-17-30(37)20-38-33(27)15-23/h4-20,22H,21H2,1-3H3,(H,39,41)(H,42,43)/t22-/m0/s1. The van der Waals surface area contributed by atoms with Crippen molar-refractivity contribution in [3.8, 4) is 11.1 Å². The van der Waals surface area contributed by atoms with Crippen LogP contribution in [0.15, 0.2) is 103 Å². The second kappa shape index (κ2) is 11.8. The second-order valence-electron chi connectivity index (χ2n) is 11.6. The Morgan fingerprint density at radius 3 is 2.44 bits per heavy atom. The van der Waals surface area contributed by atoms with Crippen molar-refractivity contribution >= 4 is 46.1 Å². The average Bonchev–Trinajstić information content (AvgIpc) is 3.42. The molecule has 7 nitrogen and oxygen atoms in total. The largest absolute Gasteiger partial charge is 0.478 e. The fraction of sp³-hybridized carbons (Fsp3) is 0.139. The highest BCUT2D eigenvalue weighted by atomic mass is 31.2. The molecule has 226 valence electrons. The third-order valence-corrected chi connectivity index (χ3v) is 9.50. The number of amides is 1. The number of aromatic carboxylic acids is 1. The molecule has 2 heterocycles. The molecule has 0 bridgehead atoms. The summed E-state index contributed by atoms with van der Waals surface area (Å²) in [6, 6.07) is 26.6. The van der Waals surface area contributed by atoms with Crippen molar-refractivity contribution < 1.29 is 23.7 Å². The molecule has 0 aliphatic rings. The maximum Gasteiger partial charge on any atom is 0.335 e. The van der Waals surface area contributed by atoms with Gasteiger partial charge in [-0.25, -0.2) is 9.18 Å². The lowest BCUT2D eigenvalue weighted by Gasteiger charge is -2.17. The topological polar surface area (TPSA) is 101 Å². The first-order valence-corrected chi connectivity index (χ1v) is 17.0. The van der Waals surface area contributed by atoms with Crippen LogP contribution in [0, 0.1) is 5.82 Å². The summed E-state index contributed by atoms with van der Waals surface area (Å²) in [6.07, 6.45) is 3.13. The molecule has 0 aliphatic heterocycles. The molecule has 0 saturated carbocycles. The number of pyridine rings is 1. The number of benzene rings is 4. The van der Waals surface area contributed by atoms with Crippen LogP contribution in [0.1, 0.15) is 44.8 Å². The van der Waals surface area contributed by atoms with Gasteiger partial charge in [-0.15, -0.1) is 0 Å². The van der Waals surface area contributed by atoms with E-state index < -0.39 is 25.0 Å². The number of nitrogens with one attached hydrogen (secondary N) is 1. The molecule has 2 N–H and O–H groups in total. The van der Waals surface area contributed by atoms with Gasteiger partial charge in [-0.3, -0.25) is 9.78 Å². The van der Waals surface area contributed by atoms with Gasteiger partial charge in [0.15, 0.2) is 0 Å². The summed E-state index contributed by atoms with van der Waals surface area (Å²) in [5, 5.41) is 14.7. The molecular weight excluding hydrogens is 588 g/mol. The summed E-state index contributed by atoms with van der Waals surface area (Å²) in [5.41, 5.74) is 5.43. The molecule has 6 aromatic rings. The van der Waals surface area contributed by atoms with Crippen LogP contribution >= 0.6 is 7.14 Å². The van der Waals surface area contributed by atoms with Crippen molar-refractivity contribution in [3.63, 3.8) is 0 Å². The number of rotatable bonds is 8. The molecule has 0 aliphatic carbocycles. The van der Waals surface area contributed by atoms with Crippen LogP contribution in [-0.4, -0.2) is 39.9 Å². The summed E-state index contributed by atoms with van der Waals surface area (Å²) in [6.45, 7) is 5.77. The Morgan fingerprint density at radius 2 is 1.71 bits per heavy atom. The summed E-state index contributed by atoms with van der Waals surface area (Å²) in [7, 11) is -2.51. The number of carbonyl (C=O) groups excluding carboxylic acids is 1. The molecule has 0 fully saturated rings. The Kier molecular flexibility index (Phi) is 7.85. The fourth-order valence-electron chi connectivity index (χ4n) is 5.55. The monoisotopic (exact) mass is 619 g/mol. The van der Waals surface area contributed by atoms with Gasteiger partial charge in [0.2, 0.25) is 0 Å². The number of carboxylic acids is 1.